The van der Waals surface area contributed by atoms with Gasteiger partial charge in [0.1, 0.15) is 17.2 Å². The summed E-state index contributed by atoms with van der Waals surface area (Å²) < 4.78 is 89.1. The van der Waals surface area contributed by atoms with Crippen molar-refractivity contribution in [3.63, 3.8) is 0 Å². The molecule has 0 radical (unpaired) electrons. The van der Waals surface area contributed by atoms with Gasteiger partial charge in [-0.1, -0.05) is 42.5 Å². The van der Waals surface area contributed by atoms with Crippen molar-refractivity contribution in [3.8, 4) is 16.9 Å². The number of rotatable bonds is 10. The molecule has 0 saturated heterocycles. The molecule has 2 aliphatic carbocycles. The van der Waals surface area contributed by atoms with E-state index in [2.05, 4.69) is 16.0 Å². The van der Waals surface area contributed by atoms with Crippen LogP contribution in [0.15, 0.2) is 77.7 Å². The molecule has 0 aromatic heterocycles. The molecule has 272 valence electrons. The van der Waals surface area contributed by atoms with E-state index in [1.807, 2.05) is 12.2 Å². The number of nitrogens with one attached hydrogen (secondary N) is 3. The van der Waals surface area contributed by atoms with Gasteiger partial charge in [-0.25, -0.2) is 17.6 Å². The minimum Gasteiger partial charge on any atom is -0.496 e. The molecule has 1 saturated carbocycles. The summed E-state index contributed by atoms with van der Waals surface area (Å²) in [4.78, 5) is 38.2. The number of carbonyl (C=O) groups is 3. The van der Waals surface area contributed by atoms with Gasteiger partial charge in [0, 0.05) is 29.9 Å². The van der Waals surface area contributed by atoms with E-state index in [0.717, 1.165) is 29.8 Å². The van der Waals surface area contributed by atoms with Crippen LogP contribution in [0, 0.1) is 23.6 Å². The van der Waals surface area contributed by atoms with Crippen molar-refractivity contribution in [3.05, 3.63) is 89.8 Å². The molecule has 3 aromatic carbocycles. The van der Waals surface area contributed by atoms with Crippen molar-refractivity contribution in [1.82, 2.24) is 10.6 Å². The van der Waals surface area contributed by atoms with Gasteiger partial charge < -0.3 is 25.4 Å². The third-order valence-corrected chi connectivity index (χ3v) is 10.1. The standard InChI is InChI=1S/C36H37F4N3O7S/c1-35(2,3)50-34(46)41-15-14-20-8-10-21(11-9-20)26-18-27(29(49-4)19-28(26)37)32(44)43-31-23-13-12-22(16-23)30(31)33(45)42-24-6-5-7-25(17-24)51(47,48)36(38,39)40/h5-13,17-19,22-23,30-31H,14-16H2,1-4H3,(H,41,46)(H,42,45)(H,43,44)/t22-,23+,30+,31-/m1/s1. The van der Waals surface area contributed by atoms with Crippen LogP contribution in [0.1, 0.15) is 43.1 Å². The Labute approximate surface area is 292 Å². The number of carbonyl (C=O) groups excluding carboxylic acids is 3. The Bertz CT molecular complexity index is 1960. The second kappa shape index (κ2) is 14.4. The first-order valence-corrected chi connectivity index (χ1v) is 17.5. The molecule has 0 unspecified atom stereocenters. The molecule has 51 heavy (non-hydrogen) atoms. The third kappa shape index (κ3) is 8.35. The predicted molar refractivity (Wildman–Crippen MR) is 180 cm³/mol. The number of ether oxygens (including phenoxy) is 2. The molecule has 4 atom stereocenters. The molecule has 1 fully saturated rings. The highest BCUT2D eigenvalue weighted by Gasteiger charge is 2.49. The van der Waals surface area contributed by atoms with Crippen molar-refractivity contribution in [2.75, 3.05) is 19.0 Å². The Morgan fingerprint density at radius 3 is 2.27 bits per heavy atom. The summed E-state index contributed by atoms with van der Waals surface area (Å²) in [5.74, 6) is -3.32. The van der Waals surface area contributed by atoms with Crippen LogP contribution in [0.25, 0.3) is 11.1 Å². The molecule has 3 aromatic rings. The van der Waals surface area contributed by atoms with E-state index in [4.69, 9.17) is 9.47 Å². The lowest BCUT2D eigenvalue weighted by molar-refractivity contribution is -0.121. The number of benzene rings is 3. The van der Waals surface area contributed by atoms with Crippen LogP contribution >= 0.6 is 0 Å². The summed E-state index contributed by atoms with van der Waals surface area (Å²) in [7, 11) is -4.36. The topological polar surface area (TPSA) is 140 Å². The quantitative estimate of drug-likeness (QED) is 0.162. The number of anilines is 1. The Morgan fingerprint density at radius 2 is 1.63 bits per heavy atom. The predicted octanol–water partition coefficient (Wildman–Crippen LogP) is 6.42. The highest BCUT2D eigenvalue weighted by molar-refractivity contribution is 7.92. The Hall–Kier alpha value is -4.92. The molecule has 10 nitrogen and oxygen atoms in total. The monoisotopic (exact) mass is 731 g/mol. The number of amides is 3. The number of allylic oxidation sites excluding steroid dienone is 1. The van der Waals surface area contributed by atoms with Crippen molar-refractivity contribution in [1.29, 1.82) is 0 Å². The third-order valence-electron chi connectivity index (χ3n) is 8.66. The molecule has 0 heterocycles. The molecule has 3 amide bonds. The maximum Gasteiger partial charge on any atom is 0.501 e. The van der Waals surface area contributed by atoms with E-state index in [9.17, 15) is 36.0 Å². The van der Waals surface area contributed by atoms with Crippen molar-refractivity contribution >= 4 is 33.4 Å². The maximum atomic E-state index is 15.3. The van der Waals surface area contributed by atoms with Crippen LogP contribution in [0.2, 0.25) is 0 Å². The van der Waals surface area contributed by atoms with Crippen molar-refractivity contribution in [2.45, 2.75) is 55.7 Å². The Kier molecular flexibility index (Phi) is 10.5. The van der Waals surface area contributed by atoms with E-state index >= 15 is 4.39 Å². The second-order valence-corrected chi connectivity index (χ2v) is 15.3. The van der Waals surface area contributed by atoms with Crippen molar-refractivity contribution in [2.24, 2.45) is 17.8 Å². The minimum atomic E-state index is -5.64. The number of alkyl halides is 3. The first-order valence-electron chi connectivity index (χ1n) is 16.0. The molecule has 5 rings (SSSR count). The normalized spacial score (nSPS) is 19.8. The van der Waals surface area contributed by atoms with E-state index in [0.29, 0.717) is 24.9 Å². The average molecular weight is 732 g/mol. The number of fused-ring (bicyclic) bond motifs is 2. The molecular formula is C36H37F4N3O7S. The van der Waals surface area contributed by atoms with Gasteiger partial charge in [-0.3, -0.25) is 9.59 Å². The molecule has 3 N–H and O–H groups in total. The fraction of sp³-hybridized carbons (Fsp3) is 0.361. The zero-order chi connectivity index (χ0) is 37.3. The largest absolute Gasteiger partial charge is 0.501 e. The van der Waals surface area contributed by atoms with Gasteiger partial charge in [-0.05, 0) is 80.8 Å². The second-order valence-electron chi connectivity index (χ2n) is 13.3. The van der Waals surface area contributed by atoms with Gasteiger partial charge in [-0.2, -0.15) is 13.2 Å². The lowest BCUT2D eigenvalue weighted by atomic mass is 9.87. The summed E-state index contributed by atoms with van der Waals surface area (Å²) in [5.41, 5.74) is -4.83. The van der Waals surface area contributed by atoms with Gasteiger partial charge >= 0.3 is 11.6 Å². The molecule has 0 spiro atoms. The molecule has 2 aliphatic rings. The van der Waals surface area contributed by atoms with Crippen LogP contribution in [-0.2, 0) is 25.8 Å². The number of methoxy groups -OCH3 is 1. The van der Waals surface area contributed by atoms with E-state index in [-0.39, 0.29) is 34.4 Å². The first-order chi connectivity index (χ1) is 23.9. The van der Waals surface area contributed by atoms with Gasteiger partial charge in [-0.15, -0.1) is 0 Å². The van der Waals surface area contributed by atoms with Crippen LogP contribution < -0.4 is 20.7 Å². The lowest BCUT2D eigenvalue weighted by Gasteiger charge is -2.28. The van der Waals surface area contributed by atoms with Crippen LogP contribution in [0.4, 0.5) is 28.0 Å². The summed E-state index contributed by atoms with van der Waals surface area (Å²) in [6.07, 6.45) is 4.18. The summed E-state index contributed by atoms with van der Waals surface area (Å²) in [5, 5.41) is 8.08. The van der Waals surface area contributed by atoms with E-state index < -0.39 is 61.5 Å². The number of hydrogen-bond donors (Lipinski definition) is 3. The molecular weight excluding hydrogens is 694 g/mol. The van der Waals surface area contributed by atoms with Crippen LogP contribution in [-0.4, -0.2) is 57.1 Å². The van der Waals surface area contributed by atoms with E-state index in [1.165, 1.54) is 19.2 Å². The fourth-order valence-electron chi connectivity index (χ4n) is 6.30. The minimum absolute atomic E-state index is 0.00973. The number of hydrogen-bond acceptors (Lipinski definition) is 7. The van der Waals surface area contributed by atoms with Gasteiger partial charge in [0.2, 0.25) is 5.91 Å². The Morgan fingerprint density at radius 1 is 0.941 bits per heavy atom. The SMILES string of the molecule is COc1cc(F)c(-c2ccc(CCNC(=O)OC(C)(C)C)cc2)cc1C(=O)N[C@H]1[C@@H](C(=O)Nc2cccc(S(=O)(=O)C(F)(F)F)c2)[C@@H]2C=C[C@H]1C2. The zero-order valence-corrected chi connectivity index (χ0v) is 29.0. The highest BCUT2D eigenvalue weighted by atomic mass is 32.2. The van der Waals surface area contributed by atoms with Crippen LogP contribution in [0.5, 0.6) is 5.75 Å². The molecule has 15 heteroatoms. The smallest absolute Gasteiger partial charge is 0.496 e. The van der Waals surface area contributed by atoms with Gasteiger partial charge in [0.05, 0.1) is 23.5 Å². The maximum absolute atomic E-state index is 15.3. The average Bonchev–Trinajstić information content (AvgIpc) is 3.66. The van der Waals surface area contributed by atoms with Gasteiger partial charge in [0.25, 0.3) is 15.7 Å². The van der Waals surface area contributed by atoms with Crippen LogP contribution in [0.3, 0.4) is 0 Å². The summed E-state index contributed by atoms with van der Waals surface area (Å²) in [6, 6.07) is 12.5. The lowest BCUT2D eigenvalue weighted by Crippen LogP contribution is -2.47. The van der Waals surface area contributed by atoms with E-state index in [1.54, 1.807) is 45.0 Å². The van der Waals surface area contributed by atoms with Crippen molar-refractivity contribution < 1.29 is 49.8 Å². The zero-order valence-electron chi connectivity index (χ0n) is 28.1. The number of alkyl carbamates (subject to hydrolysis) is 1. The fourth-order valence-corrected chi connectivity index (χ4v) is 7.11. The Balaban J connectivity index is 1.31. The first kappa shape index (κ1) is 37.3. The summed E-state index contributed by atoms with van der Waals surface area (Å²) in [6.45, 7) is 5.61. The molecule has 2 bridgehead atoms. The summed E-state index contributed by atoms with van der Waals surface area (Å²) >= 11 is 0. The highest BCUT2D eigenvalue weighted by Crippen LogP contribution is 2.45. The number of sulfone groups is 1. The molecule has 0 aliphatic heterocycles. The number of halogens is 4. The van der Waals surface area contributed by atoms with Gasteiger partial charge in [0.15, 0.2) is 0 Å².